The molecule has 0 aliphatic rings. The summed E-state index contributed by atoms with van der Waals surface area (Å²) in [6.07, 6.45) is 1.97. The quantitative estimate of drug-likeness (QED) is 0.785. The van der Waals surface area contributed by atoms with Gasteiger partial charge in [0, 0.05) is 25.1 Å². The Morgan fingerprint density at radius 2 is 2.00 bits per heavy atom. The molecule has 0 aliphatic heterocycles. The molecule has 1 heterocycles. The molecule has 0 radical (unpaired) electrons. The number of anilines is 1. The van der Waals surface area contributed by atoms with Gasteiger partial charge in [0.15, 0.2) is 0 Å². The number of rotatable bonds is 3. The zero-order valence-electron chi connectivity index (χ0n) is 9.92. The van der Waals surface area contributed by atoms with Gasteiger partial charge in [0.1, 0.15) is 5.82 Å². The minimum atomic E-state index is 0.180. The van der Waals surface area contributed by atoms with Crippen molar-refractivity contribution in [3.05, 3.63) is 23.9 Å². The molecular formula is C12H19BrN2. The number of hydrogen-bond donors (Lipinski definition) is 0. The largest absolute Gasteiger partial charge is 0.359 e. The van der Waals surface area contributed by atoms with Crippen molar-refractivity contribution < 1.29 is 0 Å². The van der Waals surface area contributed by atoms with Gasteiger partial charge in [0.05, 0.1) is 0 Å². The van der Waals surface area contributed by atoms with E-state index in [1.54, 1.807) is 0 Å². The second kappa shape index (κ2) is 4.97. The van der Waals surface area contributed by atoms with Crippen molar-refractivity contribution in [2.75, 3.05) is 23.8 Å². The van der Waals surface area contributed by atoms with Crippen LogP contribution in [0.15, 0.2) is 18.3 Å². The lowest BCUT2D eigenvalue weighted by molar-refractivity contribution is 0.587. The van der Waals surface area contributed by atoms with E-state index in [1.807, 2.05) is 6.20 Å². The first kappa shape index (κ1) is 12.5. The first-order chi connectivity index (χ1) is 6.95. The second-order valence-corrected chi connectivity index (χ2v) is 5.56. The minimum absolute atomic E-state index is 0.180. The molecule has 0 bridgehead atoms. The molecule has 0 unspecified atom stereocenters. The fourth-order valence-corrected chi connectivity index (χ4v) is 1.83. The van der Waals surface area contributed by atoms with Gasteiger partial charge in [-0.1, -0.05) is 42.8 Å². The van der Waals surface area contributed by atoms with Crippen LogP contribution in [0.2, 0.25) is 0 Å². The normalized spacial score (nSPS) is 11.5. The third-order valence-corrected chi connectivity index (χ3v) is 2.78. The van der Waals surface area contributed by atoms with Crippen molar-refractivity contribution in [1.82, 2.24) is 4.98 Å². The molecule has 1 aromatic heterocycles. The van der Waals surface area contributed by atoms with Crippen LogP contribution in [-0.2, 0) is 5.41 Å². The van der Waals surface area contributed by atoms with Gasteiger partial charge in [-0.05, 0) is 17.0 Å². The van der Waals surface area contributed by atoms with Crippen molar-refractivity contribution in [2.24, 2.45) is 0 Å². The number of aromatic nitrogens is 1. The lowest BCUT2D eigenvalue weighted by atomic mass is 9.88. The second-order valence-electron chi connectivity index (χ2n) is 4.77. The highest BCUT2D eigenvalue weighted by Crippen LogP contribution is 2.22. The van der Waals surface area contributed by atoms with E-state index in [2.05, 4.69) is 65.8 Å². The van der Waals surface area contributed by atoms with Crippen LogP contribution in [0.5, 0.6) is 0 Å². The van der Waals surface area contributed by atoms with E-state index in [0.29, 0.717) is 0 Å². The lowest BCUT2D eigenvalue weighted by Gasteiger charge is -2.21. The van der Waals surface area contributed by atoms with E-state index in [9.17, 15) is 0 Å². The van der Waals surface area contributed by atoms with Gasteiger partial charge in [-0.15, -0.1) is 0 Å². The Hall–Kier alpha value is -0.570. The molecule has 0 atom stereocenters. The Labute approximate surface area is 101 Å². The molecule has 0 amide bonds. The van der Waals surface area contributed by atoms with Crippen LogP contribution in [-0.4, -0.2) is 23.9 Å². The summed E-state index contributed by atoms with van der Waals surface area (Å²) in [6, 6.07) is 4.25. The summed E-state index contributed by atoms with van der Waals surface area (Å²) in [4.78, 5) is 6.61. The van der Waals surface area contributed by atoms with E-state index < -0.39 is 0 Å². The Kier molecular flexibility index (Phi) is 4.14. The summed E-state index contributed by atoms with van der Waals surface area (Å²) in [5.74, 6) is 1.03. The molecule has 3 heteroatoms. The van der Waals surface area contributed by atoms with Crippen LogP contribution in [0.4, 0.5) is 5.82 Å². The molecule has 1 aromatic rings. The highest BCUT2D eigenvalue weighted by Gasteiger charge is 2.13. The molecule has 0 saturated carbocycles. The third kappa shape index (κ3) is 3.49. The van der Waals surface area contributed by atoms with Crippen molar-refractivity contribution in [1.29, 1.82) is 0 Å². The standard InChI is InChI=1S/C12H19BrN2/c1-12(2,3)10-5-6-11(14-9-10)15(4)8-7-13/h5-6,9H,7-8H2,1-4H3. The van der Waals surface area contributed by atoms with E-state index in [4.69, 9.17) is 0 Å². The predicted octanol–water partition coefficient (Wildman–Crippen LogP) is 3.21. The Morgan fingerprint density at radius 3 is 2.40 bits per heavy atom. The summed E-state index contributed by atoms with van der Waals surface area (Å²) in [5.41, 5.74) is 1.46. The van der Waals surface area contributed by atoms with Crippen LogP contribution in [0.3, 0.4) is 0 Å². The molecule has 1 rings (SSSR count). The van der Waals surface area contributed by atoms with Crippen LogP contribution in [0.1, 0.15) is 26.3 Å². The van der Waals surface area contributed by atoms with Crippen molar-refractivity contribution in [3.63, 3.8) is 0 Å². The number of alkyl halides is 1. The summed E-state index contributed by atoms with van der Waals surface area (Å²) in [7, 11) is 2.06. The Balaban J connectivity index is 2.81. The van der Waals surface area contributed by atoms with Crippen molar-refractivity contribution in [2.45, 2.75) is 26.2 Å². The topological polar surface area (TPSA) is 16.1 Å². The first-order valence-electron chi connectivity index (χ1n) is 5.19. The smallest absolute Gasteiger partial charge is 0.128 e. The first-order valence-corrected chi connectivity index (χ1v) is 6.31. The molecule has 0 spiro atoms. The van der Waals surface area contributed by atoms with E-state index in [-0.39, 0.29) is 5.41 Å². The van der Waals surface area contributed by atoms with E-state index in [1.165, 1.54) is 5.56 Å². The van der Waals surface area contributed by atoms with Gasteiger partial charge < -0.3 is 4.90 Å². The average Bonchev–Trinajstić information content (AvgIpc) is 2.17. The van der Waals surface area contributed by atoms with Gasteiger partial charge in [0.2, 0.25) is 0 Å². The van der Waals surface area contributed by atoms with E-state index in [0.717, 1.165) is 17.7 Å². The maximum absolute atomic E-state index is 4.47. The Morgan fingerprint density at radius 1 is 1.33 bits per heavy atom. The number of halogens is 1. The van der Waals surface area contributed by atoms with Crippen molar-refractivity contribution in [3.8, 4) is 0 Å². The summed E-state index contributed by atoms with van der Waals surface area (Å²) in [5, 5.41) is 0.964. The molecule has 0 N–H and O–H groups in total. The van der Waals surface area contributed by atoms with Gasteiger partial charge in [-0.2, -0.15) is 0 Å². The van der Waals surface area contributed by atoms with E-state index >= 15 is 0 Å². The fraction of sp³-hybridized carbons (Fsp3) is 0.583. The molecular weight excluding hydrogens is 252 g/mol. The maximum atomic E-state index is 4.47. The van der Waals surface area contributed by atoms with Gasteiger partial charge in [0.25, 0.3) is 0 Å². The minimum Gasteiger partial charge on any atom is -0.359 e. The number of nitrogens with zero attached hydrogens (tertiary/aromatic N) is 2. The number of hydrogen-bond acceptors (Lipinski definition) is 2. The molecule has 0 saturated heterocycles. The fourth-order valence-electron chi connectivity index (χ4n) is 1.30. The molecule has 2 nitrogen and oxygen atoms in total. The van der Waals surface area contributed by atoms with Gasteiger partial charge >= 0.3 is 0 Å². The third-order valence-electron chi connectivity index (χ3n) is 2.42. The lowest BCUT2D eigenvalue weighted by Crippen LogP contribution is -2.21. The molecule has 15 heavy (non-hydrogen) atoms. The average molecular weight is 271 g/mol. The number of pyridine rings is 1. The van der Waals surface area contributed by atoms with Crippen LogP contribution >= 0.6 is 15.9 Å². The zero-order chi connectivity index (χ0) is 11.5. The highest BCUT2D eigenvalue weighted by molar-refractivity contribution is 9.09. The molecule has 84 valence electrons. The summed E-state index contributed by atoms with van der Waals surface area (Å²) in [6.45, 7) is 7.57. The van der Waals surface area contributed by atoms with Crippen molar-refractivity contribution >= 4 is 21.7 Å². The van der Waals surface area contributed by atoms with Gasteiger partial charge in [-0.25, -0.2) is 4.98 Å². The zero-order valence-corrected chi connectivity index (χ0v) is 11.5. The predicted molar refractivity (Wildman–Crippen MR) is 70.0 cm³/mol. The van der Waals surface area contributed by atoms with Crippen LogP contribution < -0.4 is 4.90 Å². The monoisotopic (exact) mass is 270 g/mol. The molecule has 0 aromatic carbocycles. The SMILES string of the molecule is CN(CCBr)c1ccc(C(C)(C)C)cn1. The molecule has 0 aliphatic carbocycles. The van der Waals surface area contributed by atoms with Gasteiger partial charge in [-0.3, -0.25) is 0 Å². The van der Waals surface area contributed by atoms with Crippen LogP contribution in [0, 0.1) is 0 Å². The highest BCUT2D eigenvalue weighted by atomic mass is 79.9. The van der Waals surface area contributed by atoms with Crippen LogP contribution in [0.25, 0.3) is 0 Å². The molecule has 0 fully saturated rings. The Bertz CT molecular complexity index is 300. The summed E-state index contributed by atoms with van der Waals surface area (Å²) >= 11 is 3.42. The maximum Gasteiger partial charge on any atom is 0.128 e. The summed E-state index contributed by atoms with van der Waals surface area (Å²) < 4.78 is 0.